The zero-order valence-electron chi connectivity index (χ0n) is 16.8. The van der Waals surface area contributed by atoms with Crippen LogP contribution in [0.25, 0.3) is 11.8 Å². The van der Waals surface area contributed by atoms with Crippen molar-refractivity contribution in [3.05, 3.63) is 83.7 Å². The molecule has 9 heteroatoms. The Morgan fingerprint density at radius 3 is 2.25 bits per heavy atom. The molecule has 0 unspecified atom stereocenters. The Morgan fingerprint density at radius 1 is 0.969 bits per heavy atom. The Hall–Kier alpha value is -4.66. The van der Waals surface area contributed by atoms with Crippen LogP contribution in [-0.4, -0.2) is 40.6 Å². The third-order valence-electron chi connectivity index (χ3n) is 4.90. The van der Waals surface area contributed by atoms with Crippen molar-refractivity contribution in [2.24, 2.45) is 0 Å². The highest BCUT2D eigenvalue weighted by Gasteiger charge is 2.37. The number of hydrogen-bond acceptors (Lipinski definition) is 5. The van der Waals surface area contributed by atoms with Gasteiger partial charge in [0.05, 0.1) is 18.4 Å². The van der Waals surface area contributed by atoms with Gasteiger partial charge in [0.25, 0.3) is 11.8 Å². The molecule has 0 spiro atoms. The molecule has 1 aliphatic rings. The maximum atomic E-state index is 13.1. The van der Waals surface area contributed by atoms with Gasteiger partial charge in [-0.1, -0.05) is 0 Å². The van der Waals surface area contributed by atoms with E-state index in [-0.39, 0.29) is 16.8 Å². The molecule has 2 heterocycles. The fourth-order valence-electron chi connectivity index (χ4n) is 3.28. The number of aromatic nitrogens is 1. The van der Waals surface area contributed by atoms with Crippen LogP contribution in [0.4, 0.5) is 10.5 Å². The van der Waals surface area contributed by atoms with Crippen LogP contribution in [0.3, 0.4) is 0 Å². The topological polar surface area (TPSA) is 118 Å². The molecule has 1 aliphatic heterocycles. The molecule has 0 radical (unpaired) electrons. The molecule has 0 aliphatic carbocycles. The van der Waals surface area contributed by atoms with Gasteiger partial charge in [-0.15, -0.1) is 0 Å². The van der Waals surface area contributed by atoms with Crippen molar-refractivity contribution >= 4 is 35.6 Å². The average molecular weight is 431 g/mol. The Balaban J connectivity index is 1.70. The van der Waals surface area contributed by atoms with Crippen molar-refractivity contribution in [1.29, 1.82) is 0 Å². The number of ether oxygens (including phenoxy) is 1. The van der Waals surface area contributed by atoms with Crippen molar-refractivity contribution < 1.29 is 29.0 Å². The van der Waals surface area contributed by atoms with Crippen molar-refractivity contribution in [2.75, 3.05) is 12.0 Å². The molecule has 0 saturated carbocycles. The van der Waals surface area contributed by atoms with Crippen LogP contribution in [0.2, 0.25) is 0 Å². The summed E-state index contributed by atoms with van der Waals surface area (Å²) in [7, 11) is 1.50. The molecule has 1 aromatic heterocycles. The van der Waals surface area contributed by atoms with Gasteiger partial charge in [-0.2, -0.15) is 0 Å². The number of carboxylic acids is 1. The number of benzene rings is 2. The number of anilines is 1. The predicted molar refractivity (Wildman–Crippen MR) is 115 cm³/mol. The number of hydrogen-bond donors (Lipinski definition) is 2. The van der Waals surface area contributed by atoms with E-state index < -0.39 is 23.8 Å². The lowest BCUT2D eigenvalue weighted by Crippen LogP contribution is -2.54. The van der Waals surface area contributed by atoms with E-state index in [1.807, 2.05) is 0 Å². The second kappa shape index (κ2) is 8.23. The van der Waals surface area contributed by atoms with Crippen LogP contribution in [0, 0.1) is 0 Å². The average Bonchev–Trinajstić information content (AvgIpc) is 3.25. The van der Waals surface area contributed by atoms with E-state index in [1.54, 1.807) is 47.2 Å². The monoisotopic (exact) mass is 431 g/mol. The third kappa shape index (κ3) is 3.74. The molecule has 4 rings (SSSR count). The molecular formula is C23H17N3O6. The van der Waals surface area contributed by atoms with Crippen LogP contribution in [0.5, 0.6) is 5.75 Å². The van der Waals surface area contributed by atoms with Gasteiger partial charge in [0.15, 0.2) is 0 Å². The summed E-state index contributed by atoms with van der Waals surface area (Å²) in [6, 6.07) is 15.0. The lowest BCUT2D eigenvalue weighted by molar-refractivity contribution is -0.122. The van der Waals surface area contributed by atoms with Gasteiger partial charge in [0, 0.05) is 17.6 Å². The number of carboxylic acid groups (broad SMARTS) is 1. The first-order valence-corrected chi connectivity index (χ1v) is 9.45. The van der Waals surface area contributed by atoms with Crippen LogP contribution < -0.4 is 15.0 Å². The predicted octanol–water partition coefficient (Wildman–Crippen LogP) is 2.85. The van der Waals surface area contributed by atoms with Crippen molar-refractivity contribution in [1.82, 2.24) is 9.88 Å². The minimum atomic E-state index is -1.04. The second-order valence-electron chi connectivity index (χ2n) is 6.81. The highest BCUT2D eigenvalue weighted by atomic mass is 16.5. The lowest BCUT2D eigenvalue weighted by Gasteiger charge is -2.26. The molecule has 3 aromatic rings. The number of carbonyl (C=O) groups is 4. The van der Waals surface area contributed by atoms with Crippen molar-refractivity contribution in [2.45, 2.75) is 0 Å². The summed E-state index contributed by atoms with van der Waals surface area (Å²) in [5.74, 6) is -2.06. The highest BCUT2D eigenvalue weighted by Crippen LogP contribution is 2.25. The molecule has 2 aromatic carbocycles. The molecule has 1 fully saturated rings. The molecule has 2 N–H and O–H groups in total. The minimum Gasteiger partial charge on any atom is -0.497 e. The van der Waals surface area contributed by atoms with E-state index >= 15 is 0 Å². The number of carbonyl (C=O) groups excluding carboxylic acids is 3. The Bertz CT molecular complexity index is 1260. The summed E-state index contributed by atoms with van der Waals surface area (Å²) < 4.78 is 6.78. The number of methoxy groups -OCH3 is 1. The number of urea groups is 1. The van der Waals surface area contributed by atoms with E-state index in [1.165, 1.54) is 37.5 Å². The second-order valence-corrected chi connectivity index (χ2v) is 6.81. The zero-order valence-corrected chi connectivity index (χ0v) is 16.8. The number of barbiturate groups is 1. The first-order valence-electron chi connectivity index (χ1n) is 9.45. The number of nitrogens with one attached hydrogen (secondary N) is 1. The summed E-state index contributed by atoms with van der Waals surface area (Å²) in [5, 5.41) is 11.2. The number of nitrogens with zero attached hydrogens (tertiary/aromatic N) is 2. The number of aromatic carboxylic acids is 1. The number of imide groups is 2. The van der Waals surface area contributed by atoms with Crippen LogP contribution in [0.1, 0.15) is 16.1 Å². The Morgan fingerprint density at radius 2 is 1.62 bits per heavy atom. The first-order chi connectivity index (χ1) is 15.4. The fourth-order valence-corrected chi connectivity index (χ4v) is 3.28. The maximum Gasteiger partial charge on any atom is 0.335 e. The zero-order chi connectivity index (χ0) is 22.8. The highest BCUT2D eigenvalue weighted by molar-refractivity contribution is 6.39. The lowest BCUT2D eigenvalue weighted by atomic mass is 10.1. The van der Waals surface area contributed by atoms with Crippen molar-refractivity contribution in [3.63, 3.8) is 0 Å². The first kappa shape index (κ1) is 20.6. The van der Waals surface area contributed by atoms with Gasteiger partial charge in [-0.05, 0) is 66.7 Å². The standard InChI is InChI=1S/C23H17N3O6/c1-32-18-10-8-16(9-11-18)26-21(28)19(20(27)24-23(26)31)13-17-3-2-12-25(17)15-6-4-14(5-7-15)22(29)30/h2-13H,1H3,(H,29,30)(H,24,27,31)/b19-13+. The normalized spacial score (nSPS) is 15.1. The van der Waals surface area contributed by atoms with Gasteiger partial charge in [-0.3, -0.25) is 14.9 Å². The van der Waals surface area contributed by atoms with E-state index in [0.717, 1.165) is 4.90 Å². The quantitative estimate of drug-likeness (QED) is 0.474. The summed E-state index contributed by atoms with van der Waals surface area (Å²) in [5.41, 5.74) is 1.33. The Kier molecular flexibility index (Phi) is 5.30. The fraction of sp³-hybridized carbons (Fsp3) is 0.0435. The number of amides is 4. The van der Waals surface area contributed by atoms with Crippen LogP contribution >= 0.6 is 0 Å². The minimum absolute atomic E-state index is 0.135. The molecule has 1 saturated heterocycles. The van der Waals surface area contributed by atoms with Crippen LogP contribution in [0.15, 0.2) is 72.4 Å². The van der Waals surface area contributed by atoms with Crippen LogP contribution in [-0.2, 0) is 9.59 Å². The molecule has 0 bridgehead atoms. The molecule has 9 nitrogen and oxygen atoms in total. The van der Waals surface area contributed by atoms with E-state index in [0.29, 0.717) is 17.1 Å². The smallest absolute Gasteiger partial charge is 0.335 e. The summed E-state index contributed by atoms with van der Waals surface area (Å²) in [6.07, 6.45) is 3.09. The van der Waals surface area contributed by atoms with Crippen molar-refractivity contribution in [3.8, 4) is 11.4 Å². The van der Waals surface area contributed by atoms with Gasteiger partial charge < -0.3 is 14.4 Å². The van der Waals surface area contributed by atoms with Gasteiger partial charge in [-0.25, -0.2) is 14.5 Å². The van der Waals surface area contributed by atoms with E-state index in [4.69, 9.17) is 9.84 Å². The molecule has 0 atom stereocenters. The third-order valence-corrected chi connectivity index (χ3v) is 4.90. The summed E-state index contributed by atoms with van der Waals surface area (Å²) in [4.78, 5) is 49.8. The summed E-state index contributed by atoms with van der Waals surface area (Å²) in [6.45, 7) is 0. The van der Waals surface area contributed by atoms with E-state index in [2.05, 4.69) is 5.32 Å². The molecule has 160 valence electrons. The maximum absolute atomic E-state index is 13.1. The van der Waals surface area contributed by atoms with E-state index in [9.17, 15) is 19.2 Å². The van der Waals surface area contributed by atoms with Gasteiger partial charge >= 0.3 is 12.0 Å². The molecule has 4 amide bonds. The Labute approximate surface area is 182 Å². The van der Waals surface area contributed by atoms with Gasteiger partial charge in [0.1, 0.15) is 11.3 Å². The molecular weight excluding hydrogens is 414 g/mol. The summed E-state index contributed by atoms with van der Waals surface area (Å²) >= 11 is 0. The largest absolute Gasteiger partial charge is 0.497 e. The van der Waals surface area contributed by atoms with Gasteiger partial charge in [0.2, 0.25) is 0 Å². The number of rotatable bonds is 5. The molecule has 32 heavy (non-hydrogen) atoms. The SMILES string of the molecule is COc1ccc(N2C(=O)NC(=O)/C(=C\c3cccn3-c3ccc(C(=O)O)cc3)C2=O)cc1.